The molecule has 2 aromatic rings. The van der Waals surface area contributed by atoms with Crippen LogP contribution in [0.5, 0.6) is 0 Å². The van der Waals surface area contributed by atoms with Gasteiger partial charge in [0.1, 0.15) is 24.2 Å². The molecule has 0 saturated carbocycles. The summed E-state index contributed by atoms with van der Waals surface area (Å²) >= 11 is 0. The molecule has 5 atom stereocenters. The number of fused-ring (bicyclic) bond motifs is 1. The Morgan fingerprint density at radius 2 is 1.84 bits per heavy atom. The summed E-state index contributed by atoms with van der Waals surface area (Å²) in [5, 5.41) is 10.2. The molecule has 1 fully saturated rings. The number of aromatic nitrogens is 4. The highest BCUT2D eigenvalue weighted by Crippen LogP contribution is 2.66. The summed E-state index contributed by atoms with van der Waals surface area (Å²) in [4.78, 5) is 47.9. The van der Waals surface area contributed by atoms with Crippen LogP contribution in [0.2, 0.25) is 0 Å². The van der Waals surface area contributed by atoms with Crippen LogP contribution < -0.4 is 5.73 Å². The standard InChI is InChI=1S/C11H18N5O12P3/c12-2-6-10-11(14-4-13-6)16(5-15-10)9-1-7(17)8(26-9)3-25-30(21,22)28-31(23,24)27-29(18,19)20/h4-5,7-9,17H,1-3,12H2,(H,21,22)(H,23,24)(H2,18,19,20). The molecule has 17 nitrogen and oxygen atoms in total. The Morgan fingerprint density at radius 3 is 2.48 bits per heavy atom. The fourth-order valence-corrected chi connectivity index (χ4v) is 5.80. The van der Waals surface area contributed by atoms with Gasteiger partial charge in [0.25, 0.3) is 0 Å². The van der Waals surface area contributed by atoms with Crippen molar-refractivity contribution in [2.24, 2.45) is 5.73 Å². The molecule has 0 aromatic carbocycles. The highest BCUT2D eigenvalue weighted by Gasteiger charge is 2.43. The molecule has 3 rings (SSSR count). The zero-order chi connectivity index (χ0) is 23.0. The van der Waals surface area contributed by atoms with Crippen LogP contribution in [0.25, 0.3) is 11.2 Å². The fourth-order valence-electron chi connectivity index (χ4n) is 2.77. The maximum Gasteiger partial charge on any atom is 0.490 e. The lowest BCUT2D eigenvalue weighted by molar-refractivity contribution is -0.0423. The predicted molar refractivity (Wildman–Crippen MR) is 97.6 cm³/mol. The highest BCUT2D eigenvalue weighted by molar-refractivity contribution is 7.66. The van der Waals surface area contributed by atoms with Gasteiger partial charge >= 0.3 is 23.5 Å². The monoisotopic (exact) mass is 505 g/mol. The third-order valence-corrected chi connectivity index (χ3v) is 7.76. The second-order valence-electron chi connectivity index (χ2n) is 6.17. The molecule has 5 unspecified atom stereocenters. The van der Waals surface area contributed by atoms with Crippen LogP contribution in [0.4, 0.5) is 0 Å². The minimum absolute atomic E-state index is 0.0118. The molecule has 174 valence electrons. The molecule has 0 aliphatic carbocycles. The number of rotatable bonds is 9. The molecular formula is C11H18N5O12P3. The number of nitrogens with zero attached hydrogens (tertiary/aromatic N) is 4. The van der Waals surface area contributed by atoms with Crippen molar-refractivity contribution >= 4 is 34.6 Å². The molecule has 2 aromatic heterocycles. The van der Waals surface area contributed by atoms with Gasteiger partial charge in [-0.1, -0.05) is 0 Å². The Bertz CT molecular complexity index is 1090. The zero-order valence-corrected chi connectivity index (χ0v) is 18.0. The van der Waals surface area contributed by atoms with Gasteiger partial charge in [0, 0.05) is 13.0 Å². The largest absolute Gasteiger partial charge is 0.490 e. The third-order valence-electron chi connectivity index (χ3n) is 3.96. The summed E-state index contributed by atoms with van der Waals surface area (Å²) in [6.45, 7) is -0.663. The molecule has 31 heavy (non-hydrogen) atoms. The summed E-state index contributed by atoms with van der Waals surface area (Å²) in [6, 6.07) is 0. The summed E-state index contributed by atoms with van der Waals surface area (Å²) < 4.78 is 52.5. The van der Waals surface area contributed by atoms with E-state index in [-0.39, 0.29) is 13.0 Å². The number of nitrogens with two attached hydrogens (primary N) is 1. The number of hydrogen-bond acceptors (Lipinski definition) is 12. The minimum atomic E-state index is -5.64. The van der Waals surface area contributed by atoms with Gasteiger partial charge in [-0.25, -0.2) is 28.6 Å². The first kappa shape index (κ1) is 24.5. The van der Waals surface area contributed by atoms with E-state index < -0.39 is 48.5 Å². The highest BCUT2D eigenvalue weighted by atomic mass is 31.3. The van der Waals surface area contributed by atoms with Crippen LogP contribution in [0.3, 0.4) is 0 Å². The van der Waals surface area contributed by atoms with Crippen molar-refractivity contribution in [3.05, 3.63) is 18.3 Å². The summed E-state index contributed by atoms with van der Waals surface area (Å²) in [7, 11) is -16.5. The number of phosphoric ester groups is 1. The minimum Gasteiger partial charge on any atom is -0.390 e. The van der Waals surface area contributed by atoms with Crippen molar-refractivity contribution in [1.29, 1.82) is 0 Å². The average Bonchev–Trinajstić information content (AvgIpc) is 3.19. The molecule has 1 aliphatic rings. The Kier molecular flexibility index (Phi) is 7.11. The number of phosphoric acid groups is 3. The van der Waals surface area contributed by atoms with Crippen LogP contribution in [-0.2, 0) is 38.1 Å². The number of hydrogen-bond donors (Lipinski definition) is 6. The van der Waals surface area contributed by atoms with Crippen LogP contribution in [-0.4, -0.2) is 63.0 Å². The average molecular weight is 505 g/mol. The van der Waals surface area contributed by atoms with E-state index in [4.69, 9.17) is 25.2 Å². The van der Waals surface area contributed by atoms with Crippen molar-refractivity contribution in [1.82, 2.24) is 19.5 Å². The number of aliphatic hydroxyl groups is 1. The predicted octanol–water partition coefficient (Wildman–Crippen LogP) is -0.723. The van der Waals surface area contributed by atoms with Crippen LogP contribution in [0.1, 0.15) is 18.3 Å². The molecule has 0 bridgehead atoms. The zero-order valence-electron chi connectivity index (χ0n) is 15.3. The fraction of sp³-hybridized carbons (Fsp3) is 0.545. The normalized spacial score (nSPS) is 26.1. The van der Waals surface area contributed by atoms with Crippen molar-refractivity contribution < 1.29 is 56.3 Å². The van der Waals surface area contributed by atoms with Gasteiger partial charge in [0.2, 0.25) is 0 Å². The molecule has 0 amide bonds. The Labute approximate surface area is 173 Å². The molecule has 0 spiro atoms. The lowest BCUT2D eigenvalue weighted by Crippen LogP contribution is -2.26. The van der Waals surface area contributed by atoms with E-state index in [0.717, 1.165) is 0 Å². The van der Waals surface area contributed by atoms with Gasteiger partial charge in [-0.3, -0.25) is 9.09 Å². The smallest absolute Gasteiger partial charge is 0.390 e. The van der Waals surface area contributed by atoms with Gasteiger partial charge in [-0.05, 0) is 0 Å². The second-order valence-corrected chi connectivity index (χ2v) is 10.6. The lowest BCUT2D eigenvalue weighted by atomic mass is 10.2. The van der Waals surface area contributed by atoms with E-state index in [9.17, 15) is 23.7 Å². The first-order valence-corrected chi connectivity index (χ1v) is 12.8. The van der Waals surface area contributed by atoms with E-state index in [1.165, 1.54) is 17.2 Å². The second kappa shape index (κ2) is 9.00. The molecule has 0 radical (unpaired) electrons. The molecule has 1 aliphatic heterocycles. The number of imidazole rings is 1. The molecule has 1 saturated heterocycles. The van der Waals surface area contributed by atoms with Crippen molar-refractivity contribution in [3.8, 4) is 0 Å². The SMILES string of the molecule is NCc1ncnc2c1ncn2C1CC(O)C(COP(=O)(O)OP(=O)(O)OP(=O)(O)O)O1. The molecular weight excluding hydrogens is 487 g/mol. The Hall–Kier alpha value is -1.16. The van der Waals surface area contributed by atoms with Crippen LogP contribution in [0, 0.1) is 0 Å². The quantitative estimate of drug-likeness (QED) is 0.230. The van der Waals surface area contributed by atoms with E-state index in [2.05, 4.69) is 28.1 Å². The summed E-state index contributed by atoms with van der Waals surface area (Å²) in [5.41, 5.74) is 6.90. The first-order valence-electron chi connectivity index (χ1n) is 8.28. The van der Waals surface area contributed by atoms with Crippen molar-refractivity contribution in [2.75, 3.05) is 6.61 Å². The van der Waals surface area contributed by atoms with Gasteiger partial charge in [-0.2, -0.15) is 8.62 Å². The molecule has 3 heterocycles. The number of aliphatic hydroxyl groups excluding tert-OH is 1. The van der Waals surface area contributed by atoms with E-state index in [1.54, 1.807) is 0 Å². The number of ether oxygens (including phenoxy) is 1. The van der Waals surface area contributed by atoms with Crippen LogP contribution in [0.15, 0.2) is 12.7 Å². The lowest BCUT2D eigenvalue weighted by Gasteiger charge is -2.19. The van der Waals surface area contributed by atoms with Gasteiger partial charge < -0.3 is 35.2 Å². The Morgan fingerprint density at radius 1 is 1.13 bits per heavy atom. The first-order chi connectivity index (χ1) is 14.3. The van der Waals surface area contributed by atoms with Crippen LogP contribution >= 0.6 is 23.5 Å². The van der Waals surface area contributed by atoms with Gasteiger partial charge in [0.15, 0.2) is 5.65 Å². The topological polar surface area (TPSA) is 259 Å². The van der Waals surface area contributed by atoms with Crippen molar-refractivity contribution in [2.45, 2.75) is 31.4 Å². The Balaban J connectivity index is 1.65. The third kappa shape index (κ3) is 6.21. The summed E-state index contributed by atoms with van der Waals surface area (Å²) in [6.07, 6.45) is -0.483. The maximum atomic E-state index is 11.8. The molecule has 7 N–H and O–H groups in total. The van der Waals surface area contributed by atoms with E-state index in [1.807, 2.05) is 0 Å². The van der Waals surface area contributed by atoms with E-state index >= 15 is 0 Å². The molecule has 20 heteroatoms. The maximum absolute atomic E-state index is 11.8. The van der Waals surface area contributed by atoms with Crippen molar-refractivity contribution in [3.63, 3.8) is 0 Å². The van der Waals surface area contributed by atoms with E-state index in [0.29, 0.717) is 16.9 Å². The summed E-state index contributed by atoms with van der Waals surface area (Å²) in [5.74, 6) is 0. The van der Waals surface area contributed by atoms with Gasteiger partial charge in [-0.15, -0.1) is 0 Å². The van der Waals surface area contributed by atoms with Gasteiger partial charge in [0.05, 0.1) is 24.7 Å².